The van der Waals surface area contributed by atoms with E-state index in [9.17, 15) is 4.79 Å². The van der Waals surface area contributed by atoms with E-state index in [2.05, 4.69) is 6.58 Å². The fourth-order valence-corrected chi connectivity index (χ4v) is 0.652. The standard InChI is InChI=1S/C7H12O3/c1-3-6(5(2)8)4-7(9)10/h3,5-6,8H,1,4H2,2H3,(H,9,10). The Morgan fingerprint density at radius 2 is 2.30 bits per heavy atom. The van der Waals surface area contributed by atoms with Gasteiger partial charge in [0, 0.05) is 5.92 Å². The number of carboxylic acids is 1. The summed E-state index contributed by atoms with van der Waals surface area (Å²) in [4.78, 5) is 10.1. The molecule has 0 aromatic rings. The molecule has 0 saturated carbocycles. The Bertz CT molecular complexity index is 129. The Balaban J connectivity index is 3.83. The van der Waals surface area contributed by atoms with E-state index in [1.165, 1.54) is 6.08 Å². The van der Waals surface area contributed by atoms with Crippen molar-refractivity contribution in [2.75, 3.05) is 0 Å². The first-order chi connectivity index (χ1) is 4.57. The van der Waals surface area contributed by atoms with E-state index in [0.29, 0.717) is 0 Å². The van der Waals surface area contributed by atoms with Gasteiger partial charge in [0.05, 0.1) is 12.5 Å². The summed E-state index contributed by atoms with van der Waals surface area (Å²) in [7, 11) is 0. The van der Waals surface area contributed by atoms with Crippen LogP contribution < -0.4 is 0 Å². The summed E-state index contributed by atoms with van der Waals surface area (Å²) < 4.78 is 0. The van der Waals surface area contributed by atoms with E-state index >= 15 is 0 Å². The van der Waals surface area contributed by atoms with Crippen LogP contribution in [0.15, 0.2) is 12.7 Å². The van der Waals surface area contributed by atoms with E-state index < -0.39 is 12.1 Å². The second-order valence-electron chi connectivity index (χ2n) is 2.24. The predicted octanol–water partition coefficient (Wildman–Crippen LogP) is 0.644. The van der Waals surface area contributed by atoms with Crippen LogP contribution in [-0.4, -0.2) is 22.3 Å². The second-order valence-corrected chi connectivity index (χ2v) is 2.24. The molecule has 0 radical (unpaired) electrons. The zero-order chi connectivity index (χ0) is 8.15. The Morgan fingerprint density at radius 1 is 1.80 bits per heavy atom. The Hall–Kier alpha value is -0.830. The third-order valence-corrected chi connectivity index (χ3v) is 1.33. The average molecular weight is 144 g/mol. The quantitative estimate of drug-likeness (QED) is 0.569. The minimum Gasteiger partial charge on any atom is -0.481 e. The van der Waals surface area contributed by atoms with Gasteiger partial charge in [-0.15, -0.1) is 6.58 Å². The number of carbonyl (C=O) groups is 1. The van der Waals surface area contributed by atoms with Crippen LogP contribution in [0.1, 0.15) is 13.3 Å². The monoisotopic (exact) mass is 144 g/mol. The Labute approximate surface area is 60.0 Å². The van der Waals surface area contributed by atoms with Crippen LogP contribution in [0.25, 0.3) is 0 Å². The van der Waals surface area contributed by atoms with Crippen molar-refractivity contribution in [1.29, 1.82) is 0 Å². The fraction of sp³-hybridized carbons (Fsp3) is 0.571. The maximum Gasteiger partial charge on any atom is 0.304 e. The molecule has 3 nitrogen and oxygen atoms in total. The van der Waals surface area contributed by atoms with Crippen molar-refractivity contribution in [1.82, 2.24) is 0 Å². The summed E-state index contributed by atoms with van der Waals surface area (Å²) in [6.45, 7) is 4.96. The number of hydrogen-bond acceptors (Lipinski definition) is 2. The first-order valence-electron chi connectivity index (χ1n) is 3.10. The van der Waals surface area contributed by atoms with E-state index in [-0.39, 0.29) is 12.3 Å². The van der Waals surface area contributed by atoms with Crippen LogP contribution in [0, 0.1) is 5.92 Å². The van der Waals surface area contributed by atoms with Crippen LogP contribution in [0.3, 0.4) is 0 Å². The highest BCUT2D eigenvalue weighted by molar-refractivity contribution is 5.67. The zero-order valence-corrected chi connectivity index (χ0v) is 5.95. The van der Waals surface area contributed by atoms with E-state index in [4.69, 9.17) is 10.2 Å². The van der Waals surface area contributed by atoms with Gasteiger partial charge in [-0.3, -0.25) is 4.79 Å². The molecule has 0 saturated heterocycles. The van der Waals surface area contributed by atoms with Gasteiger partial charge in [0.1, 0.15) is 0 Å². The number of carboxylic acid groups (broad SMARTS) is 1. The summed E-state index contributed by atoms with van der Waals surface area (Å²) in [5.74, 6) is -1.25. The summed E-state index contributed by atoms with van der Waals surface area (Å²) >= 11 is 0. The van der Waals surface area contributed by atoms with Crippen LogP contribution in [0.4, 0.5) is 0 Å². The maximum atomic E-state index is 10.1. The summed E-state index contributed by atoms with van der Waals surface area (Å²) in [6.07, 6.45) is 0.772. The molecule has 0 aromatic carbocycles. The largest absolute Gasteiger partial charge is 0.481 e. The third kappa shape index (κ3) is 3.25. The summed E-state index contributed by atoms with van der Waals surface area (Å²) in [6, 6.07) is 0. The molecular formula is C7H12O3. The molecule has 2 N–H and O–H groups in total. The molecule has 0 aliphatic heterocycles. The first-order valence-corrected chi connectivity index (χ1v) is 3.10. The summed E-state index contributed by atoms with van der Waals surface area (Å²) in [5, 5.41) is 17.2. The van der Waals surface area contributed by atoms with Crippen molar-refractivity contribution in [2.45, 2.75) is 19.4 Å². The van der Waals surface area contributed by atoms with Gasteiger partial charge in [0.2, 0.25) is 0 Å². The topological polar surface area (TPSA) is 57.5 Å². The van der Waals surface area contributed by atoms with Gasteiger partial charge in [0.25, 0.3) is 0 Å². The molecule has 0 fully saturated rings. The number of aliphatic hydroxyl groups excluding tert-OH is 1. The smallest absolute Gasteiger partial charge is 0.304 e. The second kappa shape index (κ2) is 4.06. The fourth-order valence-electron chi connectivity index (χ4n) is 0.652. The van der Waals surface area contributed by atoms with Crippen LogP contribution in [-0.2, 0) is 4.79 Å². The molecule has 2 atom stereocenters. The molecule has 10 heavy (non-hydrogen) atoms. The van der Waals surface area contributed by atoms with E-state index in [1.54, 1.807) is 6.92 Å². The molecule has 58 valence electrons. The molecule has 0 rings (SSSR count). The first kappa shape index (κ1) is 9.17. The van der Waals surface area contributed by atoms with Crippen molar-refractivity contribution in [2.24, 2.45) is 5.92 Å². The molecular weight excluding hydrogens is 132 g/mol. The molecule has 0 aromatic heterocycles. The van der Waals surface area contributed by atoms with Crippen LogP contribution >= 0.6 is 0 Å². The number of aliphatic hydroxyl groups is 1. The number of aliphatic carboxylic acids is 1. The molecule has 0 bridgehead atoms. The minimum absolute atomic E-state index is 0.0544. The normalized spacial score (nSPS) is 15.8. The predicted molar refractivity (Wildman–Crippen MR) is 37.6 cm³/mol. The van der Waals surface area contributed by atoms with Gasteiger partial charge in [-0.1, -0.05) is 6.08 Å². The SMILES string of the molecule is C=CC(CC(=O)O)C(C)O. The molecule has 0 aliphatic carbocycles. The van der Waals surface area contributed by atoms with Crippen molar-refractivity contribution >= 4 is 5.97 Å². The van der Waals surface area contributed by atoms with Gasteiger partial charge in [-0.05, 0) is 6.92 Å². The average Bonchev–Trinajstić information content (AvgIpc) is 1.81. The van der Waals surface area contributed by atoms with Gasteiger partial charge in [-0.25, -0.2) is 0 Å². The van der Waals surface area contributed by atoms with Crippen LogP contribution in [0.2, 0.25) is 0 Å². The third-order valence-electron chi connectivity index (χ3n) is 1.33. The summed E-state index contributed by atoms with van der Waals surface area (Å²) in [5.41, 5.74) is 0. The Kier molecular flexibility index (Phi) is 3.72. The lowest BCUT2D eigenvalue weighted by Crippen LogP contribution is -2.17. The van der Waals surface area contributed by atoms with Gasteiger partial charge >= 0.3 is 5.97 Å². The lowest BCUT2D eigenvalue weighted by molar-refractivity contribution is -0.138. The molecule has 2 unspecified atom stereocenters. The molecule has 0 aliphatic rings. The molecule has 0 spiro atoms. The molecule has 0 heterocycles. The highest BCUT2D eigenvalue weighted by atomic mass is 16.4. The van der Waals surface area contributed by atoms with Crippen molar-refractivity contribution in [3.63, 3.8) is 0 Å². The minimum atomic E-state index is -0.911. The van der Waals surface area contributed by atoms with Gasteiger partial charge in [0.15, 0.2) is 0 Å². The zero-order valence-electron chi connectivity index (χ0n) is 5.95. The molecule has 0 amide bonds. The van der Waals surface area contributed by atoms with E-state index in [1.807, 2.05) is 0 Å². The Morgan fingerprint density at radius 3 is 2.40 bits per heavy atom. The lowest BCUT2D eigenvalue weighted by Gasteiger charge is -2.11. The number of rotatable bonds is 4. The van der Waals surface area contributed by atoms with Gasteiger partial charge < -0.3 is 10.2 Å². The van der Waals surface area contributed by atoms with Crippen molar-refractivity contribution < 1.29 is 15.0 Å². The lowest BCUT2D eigenvalue weighted by atomic mass is 10.0. The molecule has 3 heteroatoms. The van der Waals surface area contributed by atoms with Crippen molar-refractivity contribution in [3.05, 3.63) is 12.7 Å². The maximum absolute atomic E-state index is 10.1. The van der Waals surface area contributed by atoms with Crippen LogP contribution in [0.5, 0.6) is 0 Å². The number of hydrogen-bond donors (Lipinski definition) is 2. The van der Waals surface area contributed by atoms with Crippen molar-refractivity contribution in [3.8, 4) is 0 Å². The highest BCUT2D eigenvalue weighted by Gasteiger charge is 2.13. The van der Waals surface area contributed by atoms with Gasteiger partial charge in [-0.2, -0.15) is 0 Å². The highest BCUT2D eigenvalue weighted by Crippen LogP contribution is 2.09. The van der Waals surface area contributed by atoms with E-state index in [0.717, 1.165) is 0 Å².